The zero-order valence-electron chi connectivity index (χ0n) is 31.9. The summed E-state index contributed by atoms with van der Waals surface area (Å²) >= 11 is 0. The zero-order chi connectivity index (χ0) is 42.0. The van der Waals surface area contributed by atoms with E-state index in [1.54, 1.807) is 6.92 Å². The number of unbranched alkanes of at least 4 members (excludes halogenated alkanes) is 12. The van der Waals surface area contributed by atoms with Crippen molar-refractivity contribution in [3.63, 3.8) is 0 Å². The van der Waals surface area contributed by atoms with Crippen molar-refractivity contribution in [1.82, 2.24) is 0 Å². The lowest BCUT2D eigenvalue weighted by Gasteiger charge is -2.41. The van der Waals surface area contributed by atoms with Crippen LogP contribution in [0.15, 0.2) is 0 Å². The van der Waals surface area contributed by atoms with Crippen molar-refractivity contribution in [1.29, 1.82) is 0 Å². The molecule has 0 aromatic rings. The van der Waals surface area contributed by atoms with Gasteiger partial charge in [0.05, 0.1) is 6.61 Å². The zero-order valence-corrected chi connectivity index (χ0v) is 35.6. The second-order valence-electron chi connectivity index (χ2n) is 12.6. The van der Waals surface area contributed by atoms with Crippen molar-refractivity contribution in [2.24, 2.45) is 0 Å². The fourth-order valence-corrected chi connectivity index (χ4v) is 7.42. The molecule has 22 heteroatoms. The van der Waals surface area contributed by atoms with E-state index in [1.165, 1.54) is 44.9 Å². The van der Waals surface area contributed by atoms with Gasteiger partial charge in [-0.2, -0.15) is 13.5 Å². The van der Waals surface area contributed by atoms with Gasteiger partial charge in [-0.15, -0.1) is 0 Å². The highest BCUT2D eigenvalue weighted by atomic mass is 32.1. The predicted octanol–water partition coefficient (Wildman–Crippen LogP) is 5.37. The summed E-state index contributed by atoms with van der Waals surface area (Å²) in [5, 5.41) is 20.9. The molecule has 7 N–H and O–H groups in total. The molecule has 0 spiro atoms. The van der Waals surface area contributed by atoms with Crippen LogP contribution >= 0.6 is 37.0 Å². The van der Waals surface area contributed by atoms with Crippen molar-refractivity contribution in [2.45, 2.75) is 147 Å². The Bertz CT molecular complexity index is 1650. The molecule has 1 aliphatic rings. The van der Waals surface area contributed by atoms with E-state index in [2.05, 4.69) is 63.3 Å². The highest BCUT2D eigenvalue weighted by Crippen LogP contribution is 2.51. The molecule has 4 unspecified atom stereocenters. The molecule has 7 atom stereocenters. The van der Waals surface area contributed by atoms with E-state index >= 15 is 0 Å². The second kappa shape index (κ2) is 29.9. The Hall–Kier alpha value is -2.22. The number of aliphatic hydroxyl groups excluding tert-OH is 2. The molecule has 0 heterocycles. The average molecular weight is 903 g/mol. The fourth-order valence-electron chi connectivity index (χ4n) is 5.31. The van der Waals surface area contributed by atoms with Crippen LogP contribution in [0.4, 0.5) is 0 Å². The van der Waals surface area contributed by atoms with Crippen LogP contribution in [-0.2, 0) is 50.9 Å². The summed E-state index contributed by atoms with van der Waals surface area (Å²) in [6.07, 6.45) is 0.828. The highest BCUT2D eigenvalue weighted by molar-refractivity contribution is 7.59. The molecular weight excluding hydrogens is 833 g/mol. The fraction of sp³-hybridized carbons (Fsp3) is 0.714. The Morgan fingerprint density at radius 1 is 0.684 bits per heavy atom. The maximum atomic E-state index is 12.9. The van der Waals surface area contributed by atoms with Gasteiger partial charge in [-0.05, 0) is 48.9 Å². The van der Waals surface area contributed by atoms with Crippen LogP contribution in [0.2, 0.25) is 0 Å². The van der Waals surface area contributed by atoms with Gasteiger partial charge in [0.2, 0.25) is 0 Å². The van der Waals surface area contributed by atoms with Gasteiger partial charge in [-0.1, -0.05) is 89.9 Å². The molecule has 0 aromatic heterocycles. The summed E-state index contributed by atoms with van der Waals surface area (Å²) in [7, 11) is -16.1. The summed E-state index contributed by atoms with van der Waals surface area (Å²) in [6.45, 7) is 2.14. The van der Waals surface area contributed by atoms with E-state index in [4.69, 9.17) is 28.3 Å². The molecule has 0 bridgehead atoms. The number of carbonyl (C=O) groups is 2. The third-order valence-corrected chi connectivity index (χ3v) is 9.98. The molecule has 57 heavy (non-hydrogen) atoms. The van der Waals surface area contributed by atoms with Crippen LogP contribution in [-0.4, -0.2) is 96.5 Å². The molecule has 0 aliphatic heterocycles. The molecule has 18 nitrogen and oxygen atoms in total. The van der Waals surface area contributed by atoms with Gasteiger partial charge in [0.15, 0.2) is 6.10 Å². The minimum absolute atomic E-state index is 0. The van der Waals surface area contributed by atoms with Crippen LogP contribution in [0, 0.1) is 47.4 Å². The second-order valence-corrected chi connectivity index (χ2v) is 16.4. The molecule has 1 aliphatic carbocycles. The van der Waals surface area contributed by atoms with E-state index < -0.39 is 91.7 Å². The first-order valence-electron chi connectivity index (χ1n) is 18.2. The topological polar surface area (TPSA) is 282 Å². The van der Waals surface area contributed by atoms with Crippen LogP contribution in [0.25, 0.3) is 0 Å². The van der Waals surface area contributed by atoms with Crippen molar-refractivity contribution < 1.29 is 95.5 Å². The van der Waals surface area contributed by atoms with Crippen LogP contribution in [0.3, 0.4) is 0 Å². The Balaban J connectivity index is -0.000000653. The maximum absolute atomic E-state index is 12.9. The van der Waals surface area contributed by atoms with Gasteiger partial charge in [0, 0.05) is 28.7 Å². The Morgan fingerprint density at radius 2 is 1.19 bits per heavy atom. The molecule has 0 amide bonds. The average Bonchev–Trinajstić information content (AvgIpc) is 3.10. The molecule has 1 fully saturated rings. The van der Waals surface area contributed by atoms with Gasteiger partial charge in [-0.3, -0.25) is 22.9 Å². The van der Waals surface area contributed by atoms with Gasteiger partial charge in [0.1, 0.15) is 37.1 Å². The third kappa shape index (κ3) is 28.0. The first kappa shape index (κ1) is 54.8. The first-order valence-corrected chi connectivity index (χ1v) is 22.7. The standard InChI is InChI=1S/C35H53O18P3.H2S.7H2/c1-3-5-7-9-11-12-13-14-15-16-18-20-22-24-32(37)50-28(26-48-31(36)23-21-19-17-10-8-6-4-2)27-49-56(46,47)52-29-25-30(51-54(40,41)42)35(34(39)33(29)38)53-55(43,44)45;;;;;;;;/h28-30,33-35,38-39H,3,5,7,9,11-16,18,20,22,24-27H2,1-2H3,(H,46,47)(H2,40,41,42)(H2,43,44,45);1H2;7*1H/t28-,29?,30-,33?,34+,35?;;;;;;;;/m1......../s1. The first-order chi connectivity index (χ1) is 26.4. The summed E-state index contributed by atoms with van der Waals surface area (Å²) < 4.78 is 64.7. The summed E-state index contributed by atoms with van der Waals surface area (Å²) in [4.78, 5) is 72.0. The van der Waals surface area contributed by atoms with Crippen LogP contribution in [0.5, 0.6) is 0 Å². The monoisotopic (exact) mass is 902 g/mol. The quantitative estimate of drug-likeness (QED) is 0.0189. The highest BCUT2D eigenvalue weighted by Gasteiger charge is 2.51. The van der Waals surface area contributed by atoms with Crippen molar-refractivity contribution >= 4 is 48.9 Å². The lowest BCUT2D eigenvalue weighted by Crippen LogP contribution is -2.57. The SMILES string of the molecule is CC#CC#CC#CC#CC(=O)OC[C@H](COP(=O)(O)OC1C[C@@H](OP(=O)(O)O)C(OP(=O)(O)O)[C@@H](O)C1O)OC(=O)CCCCCCCCCCCCCCC.S.[HH].[HH].[HH].[HH].[HH].[HH].[HH]. The van der Waals surface area contributed by atoms with Gasteiger partial charge >= 0.3 is 35.4 Å². The largest absolute Gasteiger partial charge is 0.472 e. The van der Waals surface area contributed by atoms with E-state index in [0.717, 1.165) is 32.1 Å². The number of phosphoric ester groups is 3. The number of carbonyl (C=O) groups excluding carboxylic acids is 2. The number of rotatable bonds is 26. The Morgan fingerprint density at radius 3 is 1.72 bits per heavy atom. The van der Waals surface area contributed by atoms with E-state index in [-0.39, 0.29) is 29.9 Å². The van der Waals surface area contributed by atoms with E-state index in [0.29, 0.717) is 6.42 Å². The molecule has 1 saturated carbocycles. The lowest BCUT2D eigenvalue weighted by atomic mass is 9.87. The minimum atomic E-state index is -5.42. The van der Waals surface area contributed by atoms with Crippen molar-refractivity contribution in [3.05, 3.63) is 0 Å². The Kier molecular flexibility index (Phi) is 28.7. The van der Waals surface area contributed by atoms with Gasteiger partial charge < -0.3 is 44.2 Å². The van der Waals surface area contributed by atoms with Crippen molar-refractivity contribution in [2.75, 3.05) is 13.2 Å². The number of hydrogen-bond donors (Lipinski definition) is 7. The number of esters is 2. The summed E-state index contributed by atoms with van der Waals surface area (Å²) in [5.74, 6) is 16.8. The van der Waals surface area contributed by atoms with Crippen LogP contribution < -0.4 is 0 Å². The molecule has 0 saturated heterocycles. The number of ether oxygens (including phenoxy) is 2. The number of hydrogen-bond acceptors (Lipinski definition) is 13. The van der Waals surface area contributed by atoms with Crippen LogP contribution in [0.1, 0.15) is 120 Å². The van der Waals surface area contributed by atoms with Crippen molar-refractivity contribution in [3.8, 4) is 47.4 Å². The van der Waals surface area contributed by atoms with E-state index in [1.807, 2.05) is 0 Å². The number of aliphatic hydroxyl groups is 2. The predicted molar refractivity (Wildman–Crippen MR) is 224 cm³/mol. The van der Waals surface area contributed by atoms with Gasteiger partial charge in [-0.25, -0.2) is 18.5 Å². The molecule has 0 aromatic carbocycles. The summed E-state index contributed by atoms with van der Waals surface area (Å²) in [5.41, 5.74) is 0. The summed E-state index contributed by atoms with van der Waals surface area (Å²) in [6, 6.07) is 0. The minimum Gasteiger partial charge on any atom is -0.456 e. The Labute approximate surface area is 351 Å². The number of phosphoric acid groups is 3. The van der Waals surface area contributed by atoms with Gasteiger partial charge in [0.25, 0.3) is 0 Å². The molecule has 1 rings (SSSR count). The third-order valence-electron chi connectivity index (χ3n) is 7.91. The van der Waals surface area contributed by atoms with E-state index in [9.17, 15) is 48.2 Å². The molecular formula is C35H69O18P3S. The molecule has 338 valence electrons. The molecule has 0 radical (unpaired) electrons. The smallest absolute Gasteiger partial charge is 0.456 e. The maximum Gasteiger partial charge on any atom is 0.472 e. The lowest BCUT2D eigenvalue weighted by molar-refractivity contribution is -0.168. The normalized spacial score (nSPS) is 20.5.